The molecule has 1 aliphatic carbocycles. The predicted octanol–water partition coefficient (Wildman–Crippen LogP) is 7.41. The van der Waals surface area contributed by atoms with Crippen molar-refractivity contribution in [3.05, 3.63) is 52.6 Å². The minimum Gasteiger partial charge on any atom is -0.493 e. The van der Waals surface area contributed by atoms with E-state index in [-0.39, 0.29) is 23.4 Å². The molecule has 13 nitrogen and oxygen atoms in total. The summed E-state index contributed by atoms with van der Waals surface area (Å²) in [6, 6.07) is 3.34. The fourth-order valence-electron chi connectivity index (χ4n) is 5.57. The van der Waals surface area contributed by atoms with Crippen molar-refractivity contribution in [2.45, 2.75) is 111 Å². The van der Waals surface area contributed by atoms with Gasteiger partial charge in [0.2, 0.25) is 5.95 Å². The second-order valence-corrected chi connectivity index (χ2v) is 14.2. The Kier molecular flexibility index (Phi) is 11.9. The van der Waals surface area contributed by atoms with E-state index in [1.807, 2.05) is 6.92 Å². The number of hydrogen-bond donors (Lipinski definition) is 2. The zero-order valence-electron chi connectivity index (χ0n) is 30.1. The highest BCUT2D eigenvalue weighted by molar-refractivity contribution is 5.94. The largest absolute Gasteiger partial charge is 0.493 e. The number of nitrogens with one attached hydrogen (secondary N) is 2. The molecule has 4 rings (SSSR count). The number of carbonyl (C=O) groups excluding carboxylic acids is 2. The van der Waals surface area contributed by atoms with E-state index in [9.17, 15) is 14.4 Å². The third-order valence-electron chi connectivity index (χ3n) is 7.81. The van der Waals surface area contributed by atoms with Crippen LogP contribution >= 0.6 is 0 Å². The van der Waals surface area contributed by atoms with E-state index in [1.165, 1.54) is 4.90 Å². The summed E-state index contributed by atoms with van der Waals surface area (Å²) in [7, 11) is 0. The first-order valence-electron chi connectivity index (χ1n) is 17.0. The van der Waals surface area contributed by atoms with Crippen LogP contribution in [0.25, 0.3) is 16.8 Å². The Hall–Kier alpha value is -4.68. The van der Waals surface area contributed by atoms with E-state index in [2.05, 4.69) is 34.1 Å². The number of pyridine rings is 2. The molecule has 0 radical (unpaired) electrons. The van der Waals surface area contributed by atoms with Gasteiger partial charge in [0, 0.05) is 30.7 Å². The van der Waals surface area contributed by atoms with Crippen molar-refractivity contribution in [3.63, 3.8) is 0 Å². The van der Waals surface area contributed by atoms with Crippen molar-refractivity contribution < 1.29 is 23.8 Å². The molecule has 13 heteroatoms. The van der Waals surface area contributed by atoms with Gasteiger partial charge >= 0.3 is 12.2 Å². The smallest absolute Gasteiger partial charge is 0.423 e. The predicted molar refractivity (Wildman–Crippen MR) is 191 cm³/mol. The standard InChI is InChI=1S/C36H51N7O6/c1-10-11-20-47-24(3)29-23(2)27-22-40-32(41-30(27)42(31(29)44)26-14-12-13-15-26)43(34(46)49-36(7,8)9)28-17-16-25(21-39-28)37-18-19-38-33(45)48-35(4,5)6/h16-17,21-22,26,37H,3,10-15,18-20H2,1-2,4-9H3,(H,38,45). The lowest BCUT2D eigenvalue weighted by molar-refractivity contribution is 0.0528. The summed E-state index contributed by atoms with van der Waals surface area (Å²) in [5.74, 6) is 0.585. The van der Waals surface area contributed by atoms with Crippen LogP contribution in [0.15, 0.2) is 35.9 Å². The van der Waals surface area contributed by atoms with Gasteiger partial charge in [0.15, 0.2) is 0 Å². The lowest BCUT2D eigenvalue weighted by Crippen LogP contribution is -2.36. The van der Waals surface area contributed by atoms with E-state index in [4.69, 9.17) is 19.2 Å². The number of aryl methyl sites for hydroxylation is 1. The Balaban J connectivity index is 1.70. The van der Waals surface area contributed by atoms with Crippen LogP contribution in [0.1, 0.15) is 104 Å². The Morgan fingerprint density at radius 3 is 2.33 bits per heavy atom. The van der Waals surface area contributed by atoms with E-state index in [0.717, 1.165) is 38.5 Å². The molecule has 2 N–H and O–H groups in total. The Labute approximate surface area is 288 Å². The quantitative estimate of drug-likeness (QED) is 0.147. The minimum atomic E-state index is -0.815. The fraction of sp³-hybridized carbons (Fsp3) is 0.556. The summed E-state index contributed by atoms with van der Waals surface area (Å²) in [5, 5.41) is 6.56. The minimum absolute atomic E-state index is 0.0211. The molecule has 0 aromatic carbocycles. The van der Waals surface area contributed by atoms with Crippen LogP contribution < -0.4 is 21.1 Å². The summed E-state index contributed by atoms with van der Waals surface area (Å²) in [5.41, 5.74) is 0.556. The van der Waals surface area contributed by atoms with Gasteiger partial charge in [-0.05, 0) is 85.4 Å². The first-order valence-corrected chi connectivity index (χ1v) is 17.0. The summed E-state index contributed by atoms with van der Waals surface area (Å²) in [4.78, 5) is 55.1. The number of alkyl carbamates (subject to hydrolysis) is 1. The number of nitrogens with zero attached hydrogens (tertiary/aromatic N) is 5. The second-order valence-electron chi connectivity index (χ2n) is 14.2. The van der Waals surface area contributed by atoms with Crippen molar-refractivity contribution in [2.75, 3.05) is 29.9 Å². The van der Waals surface area contributed by atoms with E-state index >= 15 is 0 Å². The zero-order chi connectivity index (χ0) is 35.9. The van der Waals surface area contributed by atoms with E-state index in [0.29, 0.717) is 53.3 Å². The molecule has 49 heavy (non-hydrogen) atoms. The Morgan fingerprint density at radius 2 is 1.71 bits per heavy atom. The zero-order valence-corrected chi connectivity index (χ0v) is 30.1. The van der Waals surface area contributed by atoms with Gasteiger partial charge in [-0.25, -0.2) is 19.6 Å². The van der Waals surface area contributed by atoms with E-state index < -0.39 is 23.4 Å². The molecule has 0 unspecified atom stereocenters. The summed E-state index contributed by atoms with van der Waals surface area (Å²) < 4.78 is 18.7. The van der Waals surface area contributed by atoms with Gasteiger partial charge in [0.1, 0.15) is 28.4 Å². The van der Waals surface area contributed by atoms with Gasteiger partial charge in [-0.15, -0.1) is 0 Å². The molecular formula is C36H51N7O6. The first-order chi connectivity index (χ1) is 23.1. The lowest BCUT2D eigenvalue weighted by atomic mass is 10.0. The first kappa shape index (κ1) is 37.1. The Bertz CT molecular complexity index is 1700. The molecule has 0 spiro atoms. The molecule has 0 bridgehead atoms. The normalized spacial score (nSPS) is 13.6. The van der Waals surface area contributed by atoms with Crippen LogP contribution in [0.2, 0.25) is 0 Å². The molecule has 2 amide bonds. The molecule has 3 heterocycles. The number of ether oxygens (including phenoxy) is 3. The van der Waals surface area contributed by atoms with Crippen LogP contribution in [0.4, 0.5) is 27.0 Å². The summed E-state index contributed by atoms with van der Waals surface area (Å²) in [6.45, 7) is 20.0. The maximum absolute atomic E-state index is 14.2. The molecular weight excluding hydrogens is 626 g/mol. The van der Waals surface area contributed by atoms with Crippen LogP contribution in [-0.4, -0.2) is 62.6 Å². The van der Waals surface area contributed by atoms with Crippen LogP contribution in [-0.2, 0) is 14.2 Å². The molecule has 1 aliphatic rings. The number of fused-ring (bicyclic) bond motifs is 1. The molecule has 3 aromatic rings. The molecule has 0 aliphatic heterocycles. The third kappa shape index (κ3) is 9.70. The molecule has 1 saturated carbocycles. The monoisotopic (exact) mass is 677 g/mol. The van der Waals surface area contributed by atoms with Crippen molar-refractivity contribution >= 4 is 46.4 Å². The number of aromatic nitrogens is 4. The van der Waals surface area contributed by atoms with Gasteiger partial charge < -0.3 is 24.8 Å². The van der Waals surface area contributed by atoms with Crippen LogP contribution in [0, 0.1) is 6.92 Å². The molecule has 3 aromatic heterocycles. The van der Waals surface area contributed by atoms with Crippen molar-refractivity contribution in [1.82, 2.24) is 24.8 Å². The van der Waals surface area contributed by atoms with Gasteiger partial charge in [-0.2, -0.15) is 9.88 Å². The maximum Gasteiger partial charge on any atom is 0.423 e. The fourth-order valence-corrected chi connectivity index (χ4v) is 5.57. The molecule has 0 atom stereocenters. The highest BCUT2D eigenvalue weighted by Crippen LogP contribution is 2.34. The Morgan fingerprint density at radius 1 is 1.02 bits per heavy atom. The topological polar surface area (TPSA) is 150 Å². The SMILES string of the molecule is C=C(OCCCC)c1c(C)c2cnc(N(C(=O)OC(C)(C)C)c3ccc(NCCNC(=O)OC(C)(C)C)cn3)nc2n(C2CCCC2)c1=O. The van der Waals surface area contributed by atoms with E-state index in [1.54, 1.807) is 70.6 Å². The number of rotatable bonds is 12. The second kappa shape index (κ2) is 15.7. The number of hydrogen-bond acceptors (Lipinski definition) is 10. The number of anilines is 3. The number of amides is 2. The van der Waals surface area contributed by atoms with Crippen molar-refractivity contribution in [2.24, 2.45) is 0 Å². The molecule has 1 fully saturated rings. The number of unbranched alkanes of at least 4 members (excludes halogenated alkanes) is 1. The van der Waals surface area contributed by atoms with Gasteiger partial charge in [0.05, 0.1) is 24.1 Å². The number of carbonyl (C=O) groups is 2. The highest BCUT2D eigenvalue weighted by atomic mass is 16.6. The lowest BCUT2D eigenvalue weighted by Gasteiger charge is -2.26. The molecule has 266 valence electrons. The summed E-state index contributed by atoms with van der Waals surface area (Å²) >= 11 is 0. The van der Waals surface area contributed by atoms with Crippen molar-refractivity contribution in [3.8, 4) is 0 Å². The summed E-state index contributed by atoms with van der Waals surface area (Å²) in [6.07, 6.45) is 7.45. The van der Waals surface area contributed by atoms with Gasteiger partial charge in [-0.3, -0.25) is 9.36 Å². The van der Waals surface area contributed by atoms with Crippen LogP contribution in [0.3, 0.4) is 0 Å². The third-order valence-corrected chi connectivity index (χ3v) is 7.81. The van der Waals surface area contributed by atoms with Crippen LogP contribution in [0.5, 0.6) is 0 Å². The average molecular weight is 678 g/mol. The van der Waals surface area contributed by atoms with Crippen molar-refractivity contribution in [1.29, 1.82) is 0 Å². The highest BCUT2D eigenvalue weighted by Gasteiger charge is 2.31. The van der Waals surface area contributed by atoms with Gasteiger partial charge in [0.25, 0.3) is 5.56 Å². The van der Waals surface area contributed by atoms with Gasteiger partial charge in [-0.1, -0.05) is 32.8 Å². The molecule has 0 saturated heterocycles. The maximum atomic E-state index is 14.2. The average Bonchev–Trinajstić information content (AvgIpc) is 3.53.